The van der Waals surface area contributed by atoms with Gasteiger partial charge in [-0.3, -0.25) is 4.79 Å². The normalized spacial score (nSPS) is 8.67. The fraction of sp³-hybridized carbons (Fsp3) is 0.250. The molecule has 1 aromatic rings. The van der Waals surface area contributed by atoms with Crippen molar-refractivity contribution in [3.05, 3.63) is 29.8 Å². The average Bonchev–Trinajstić information content (AvgIpc) is 2.29. The summed E-state index contributed by atoms with van der Waals surface area (Å²) in [7, 11) is 3.21. The number of anilines is 1. The molecule has 0 saturated carbocycles. The first-order valence-electron chi connectivity index (χ1n) is 4.59. The lowest BCUT2D eigenvalue weighted by Crippen LogP contribution is -1.97. The van der Waals surface area contributed by atoms with Crippen LogP contribution in [0.15, 0.2) is 24.3 Å². The number of hydrogen-bond donors (Lipinski definition) is 1. The van der Waals surface area contributed by atoms with Crippen molar-refractivity contribution in [1.82, 2.24) is 0 Å². The highest BCUT2D eigenvalue weighted by atomic mass is 16.5. The Morgan fingerprint density at radius 2 is 2.07 bits per heavy atom. The van der Waals surface area contributed by atoms with Crippen molar-refractivity contribution in [2.24, 2.45) is 0 Å². The Morgan fingerprint density at radius 3 is 2.60 bits per heavy atom. The molecule has 0 aliphatic carbocycles. The summed E-state index contributed by atoms with van der Waals surface area (Å²) in [6, 6.07) is 7.66. The third-order valence-electron chi connectivity index (χ3n) is 1.87. The molecule has 0 atom stereocenters. The quantitative estimate of drug-likeness (QED) is 0.586. The minimum absolute atomic E-state index is 0.129. The molecule has 0 unspecified atom stereocenters. The van der Waals surface area contributed by atoms with Crippen LogP contribution in [0.5, 0.6) is 0 Å². The van der Waals surface area contributed by atoms with Crippen molar-refractivity contribution in [2.75, 3.05) is 19.5 Å². The smallest absolute Gasteiger partial charge is 0.317 e. The van der Waals surface area contributed by atoms with Gasteiger partial charge in [0.25, 0.3) is 0 Å². The second-order valence-electron chi connectivity index (χ2n) is 2.88. The maximum Gasteiger partial charge on any atom is 0.317 e. The van der Waals surface area contributed by atoms with E-state index in [1.165, 1.54) is 7.11 Å². The summed E-state index contributed by atoms with van der Waals surface area (Å²) >= 11 is 0. The minimum Gasteiger partial charge on any atom is -0.468 e. The molecular weight excluding hydrogens is 190 g/mol. The molecule has 15 heavy (non-hydrogen) atoms. The fourth-order valence-corrected chi connectivity index (χ4v) is 1.01. The lowest BCUT2D eigenvalue weighted by molar-refractivity contribution is -0.139. The molecule has 78 valence electrons. The maximum atomic E-state index is 10.8. The van der Waals surface area contributed by atoms with Gasteiger partial charge in [-0.05, 0) is 24.3 Å². The van der Waals surface area contributed by atoms with Crippen LogP contribution in [0.2, 0.25) is 0 Å². The molecule has 0 bridgehead atoms. The Labute approximate surface area is 89.4 Å². The summed E-state index contributed by atoms with van der Waals surface area (Å²) < 4.78 is 4.47. The van der Waals surface area contributed by atoms with Crippen molar-refractivity contribution in [2.45, 2.75) is 6.42 Å². The van der Waals surface area contributed by atoms with Crippen LogP contribution in [0, 0.1) is 11.8 Å². The number of rotatable bonds is 2. The number of carbonyl (C=O) groups is 1. The summed E-state index contributed by atoms with van der Waals surface area (Å²) in [5.74, 6) is 5.32. The highest BCUT2D eigenvalue weighted by molar-refractivity contribution is 5.72. The third kappa shape index (κ3) is 3.74. The standard InChI is InChI=1S/C12H13NO2/c1-13-11-8-6-10(7-9-11)4-3-5-12(14)15-2/h6-9,13H,5H2,1-2H3. The largest absolute Gasteiger partial charge is 0.468 e. The molecule has 0 radical (unpaired) electrons. The highest BCUT2D eigenvalue weighted by Crippen LogP contribution is 2.07. The van der Waals surface area contributed by atoms with E-state index in [1.54, 1.807) is 0 Å². The minimum atomic E-state index is -0.311. The van der Waals surface area contributed by atoms with Crippen molar-refractivity contribution in [3.8, 4) is 11.8 Å². The highest BCUT2D eigenvalue weighted by Gasteiger charge is 1.93. The first-order chi connectivity index (χ1) is 7.26. The zero-order valence-corrected chi connectivity index (χ0v) is 8.83. The van der Waals surface area contributed by atoms with Crippen molar-refractivity contribution < 1.29 is 9.53 Å². The van der Waals surface area contributed by atoms with Crippen LogP contribution < -0.4 is 5.32 Å². The van der Waals surface area contributed by atoms with E-state index in [1.807, 2.05) is 31.3 Å². The molecule has 3 heteroatoms. The number of methoxy groups -OCH3 is 1. The molecular formula is C12H13NO2. The molecule has 0 aromatic heterocycles. The molecule has 0 amide bonds. The molecule has 1 rings (SSSR count). The molecule has 0 heterocycles. The van der Waals surface area contributed by atoms with Gasteiger partial charge in [-0.15, -0.1) is 0 Å². The SMILES string of the molecule is CNc1ccc(C#CCC(=O)OC)cc1. The van der Waals surface area contributed by atoms with E-state index in [4.69, 9.17) is 0 Å². The number of benzene rings is 1. The molecule has 3 nitrogen and oxygen atoms in total. The predicted molar refractivity (Wildman–Crippen MR) is 59.5 cm³/mol. The number of hydrogen-bond acceptors (Lipinski definition) is 3. The second-order valence-corrected chi connectivity index (χ2v) is 2.88. The predicted octanol–water partition coefficient (Wildman–Crippen LogP) is 1.64. The van der Waals surface area contributed by atoms with E-state index in [0.29, 0.717) is 0 Å². The van der Waals surface area contributed by atoms with E-state index in [2.05, 4.69) is 21.9 Å². The second kappa shape index (κ2) is 5.71. The molecule has 1 N–H and O–H groups in total. The van der Waals surface area contributed by atoms with Crippen molar-refractivity contribution in [3.63, 3.8) is 0 Å². The van der Waals surface area contributed by atoms with Gasteiger partial charge in [-0.1, -0.05) is 11.8 Å². The molecule has 0 aliphatic rings. The van der Waals surface area contributed by atoms with E-state index in [9.17, 15) is 4.79 Å². The van der Waals surface area contributed by atoms with Crippen molar-refractivity contribution in [1.29, 1.82) is 0 Å². The first-order valence-corrected chi connectivity index (χ1v) is 4.59. The van der Waals surface area contributed by atoms with Gasteiger partial charge in [0.05, 0.1) is 7.11 Å². The first kappa shape index (κ1) is 11.1. The molecule has 0 saturated heterocycles. The summed E-state index contributed by atoms with van der Waals surface area (Å²) in [5.41, 5.74) is 1.92. The van der Waals surface area contributed by atoms with Gasteiger partial charge in [0.2, 0.25) is 0 Å². The Bertz CT molecular complexity index is 384. The van der Waals surface area contributed by atoms with Crippen LogP contribution in [0.25, 0.3) is 0 Å². The molecule has 0 aliphatic heterocycles. The van der Waals surface area contributed by atoms with Crippen LogP contribution in [0.4, 0.5) is 5.69 Å². The number of carbonyl (C=O) groups excluding carboxylic acids is 1. The van der Waals surface area contributed by atoms with Crippen LogP contribution in [-0.4, -0.2) is 20.1 Å². The Balaban J connectivity index is 2.60. The van der Waals surface area contributed by atoms with Gasteiger partial charge in [0, 0.05) is 18.3 Å². The molecule has 0 fully saturated rings. The lowest BCUT2D eigenvalue weighted by Gasteiger charge is -1.97. The molecule has 1 aromatic carbocycles. The summed E-state index contributed by atoms with van der Waals surface area (Å²) in [4.78, 5) is 10.8. The van der Waals surface area contributed by atoms with Gasteiger partial charge in [-0.25, -0.2) is 0 Å². The van der Waals surface area contributed by atoms with E-state index >= 15 is 0 Å². The van der Waals surface area contributed by atoms with Gasteiger partial charge in [0.1, 0.15) is 6.42 Å². The van der Waals surface area contributed by atoms with Crippen LogP contribution >= 0.6 is 0 Å². The van der Waals surface area contributed by atoms with E-state index in [-0.39, 0.29) is 12.4 Å². The third-order valence-corrected chi connectivity index (χ3v) is 1.87. The Morgan fingerprint density at radius 1 is 1.40 bits per heavy atom. The lowest BCUT2D eigenvalue weighted by atomic mass is 10.2. The average molecular weight is 203 g/mol. The fourth-order valence-electron chi connectivity index (χ4n) is 1.01. The zero-order chi connectivity index (χ0) is 11.1. The van der Waals surface area contributed by atoms with Crippen LogP contribution in [-0.2, 0) is 9.53 Å². The summed E-state index contributed by atoms with van der Waals surface area (Å²) in [5, 5.41) is 3.02. The van der Waals surface area contributed by atoms with Gasteiger partial charge < -0.3 is 10.1 Å². The topological polar surface area (TPSA) is 38.3 Å². The van der Waals surface area contributed by atoms with E-state index < -0.39 is 0 Å². The molecule has 0 spiro atoms. The van der Waals surface area contributed by atoms with Crippen molar-refractivity contribution >= 4 is 11.7 Å². The number of ether oxygens (including phenoxy) is 1. The summed E-state index contributed by atoms with van der Waals surface area (Å²) in [6.07, 6.45) is 0.129. The number of esters is 1. The van der Waals surface area contributed by atoms with E-state index in [0.717, 1.165) is 11.3 Å². The monoisotopic (exact) mass is 203 g/mol. The van der Waals surface area contributed by atoms with Crippen LogP contribution in [0.3, 0.4) is 0 Å². The summed E-state index contributed by atoms with van der Waals surface area (Å²) in [6.45, 7) is 0. The maximum absolute atomic E-state index is 10.8. The van der Waals surface area contributed by atoms with Gasteiger partial charge in [-0.2, -0.15) is 0 Å². The van der Waals surface area contributed by atoms with Gasteiger partial charge in [0.15, 0.2) is 0 Å². The van der Waals surface area contributed by atoms with Gasteiger partial charge >= 0.3 is 5.97 Å². The zero-order valence-electron chi connectivity index (χ0n) is 8.83. The Kier molecular flexibility index (Phi) is 4.24. The number of nitrogens with one attached hydrogen (secondary N) is 1. The van der Waals surface area contributed by atoms with Crippen LogP contribution in [0.1, 0.15) is 12.0 Å². The Hall–Kier alpha value is -1.95.